The second-order valence-electron chi connectivity index (χ2n) is 7.17. The third-order valence-corrected chi connectivity index (χ3v) is 4.95. The second kappa shape index (κ2) is 10.5. The molecule has 4 nitrogen and oxygen atoms in total. The molecule has 30 heavy (non-hydrogen) atoms. The highest BCUT2D eigenvalue weighted by Crippen LogP contribution is 2.23. The number of benzene rings is 3. The summed E-state index contributed by atoms with van der Waals surface area (Å²) in [5, 5.41) is 0. The standard InChI is InChI=1S/C25H26N3O.ClH/c26-23-11-13-24(14-12-23)29-25(22-9-5-2-6-10-22)19-28-18-17-27(20-28)16-15-21-7-3-1-4-8-21;/h1-14,17-18,20,25H,15-16,19,26H2;1H/q+1;/p-1. The van der Waals surface area contributed by atoms with Gasteiger partial charge in [-0.1, -0.05) is 60.7 Å². The van der Waals surface area contributed by atoms with Gasteiger partial charge in [-0.05, 0) is 35.4 Å². The molecule has 0 amide bonds. The maximum atomic E-state index is 6.31. The Labute approximate surface area is 184 Å². The first kappa shape index (κ1) is 21.5. The van der Waals surface area contributed by atoms with Gasteiger partial charge < -0.3 is 22.9 Å². The Kier molecular flexibility index (Phi) is 7.52. The zero-order valence-electron chi connectivity index (χ0n) is 16.8. The summed E-state index contributed by atoms with van der Waals surface area (Å²) in [6.45, 7) is 1.68. The van der Waals surface area contributed by atoms with Gasteiger partial charge in [0.25, 0.3) is 0 Å². The van der Waals surface area contributed by atoms with E-state index >= 15 is 0 Å². The van der Waals surface area contributed by atoms with Crippen LogP contribution in [0.5, 0.6) is 5.75 Å². The van der Waals surface area contributed by atoms with Crippen molar-refractivity contribution in [3.63, 3.8) is 0 Å². The molecule has 0 saturated carbocycles. The van der Waals surface area contributed by atoms with Gasteiger partial charge >= 0.3 is 0 Å². The van der Waals surface area contributed by atoms with E-state index in [9.17, 15) is 0 Å². The van der Waals surface area contributed by atoms with Crippen molar-refractivity contribution in [1.82, 2.24) is 4.57 Å². The largest absolute Gasteiger partial charge is 1.00 e. The van der Waals surface area contributed by atoms with Crippen molar-refractivity contribution in [1.29, 1.82) is 0 Å². The smallest absolute Gasteiger partial charge is 0.243 e. The van der Waals surface area contributed by atoms with Crippen LogP contribution in [0.1, 0.15) is 17.2 Å². The molecule has 0 aliphatic heterocycles. The number of aromatic nitrogens is 2. The predicted molar refractivity (Wildman–Crippen MR) is 115 cm³/mol. The molecule has 1 atom stereocenters. The number of nitrogens with zero attached hydrogens (tertiary/aromatic N) is 2. The lowest BCUT2D eigenvalue weighted by Crippen LogP contribution is -3.00. The third kappa shape index (κ3) is 5.88. The van der Waals surface area contributed by atoms with Crippen molar-refractivity contribution in [2.24, 2.45) is 0 Å². The summed E-state index contributed by atoms with van der Waals surface area (Å²) in [6.07, 6.45) is 7.29. The van der Waals surface area contributed by atoms with Crippen molar-refractivity contribution in [3.8, 4) is 5.75 Å². The average Bonchev–Trinajstić information content (AvgIpc) is 3.22. The van der Waals surface area contributed by atoms with Crippen molar-refractivity contribution in [2.45, 2.75) is 25.6 Å². The summed E-state index contributed by atoms with van der Waals surface area (Å²) in [6, 6.07) is 28.5. The van der Waals surface area contributed by atoms with Crippen molar-refractivity contribution in [2.75, 3.05) is 5.73 Å². The Morgan fingerprint density at radius 2 is 1.53 bits per heavy atom. The molecule has 0 spiro atoms. The zero-order valence-corrected chi connectivity index (χ0v) is 17.5. The van der Waals surface area contributed by atoms with E-state index in [0.29, 0.717) is 0 Å². The highest BCUT2D eigenvalue weighted by molar-refractivity contribution is 5.41. The summed E-state index contributed by atoms with van der Waals surface area (Å²) in [5.74, 6) is 0.817. The number of imidazole rings is 1. The van der Waals surface area contributed by atoms with Crippen molar-refractivity contribution < 1.29 is 21.7 Å². The molecule has 0 saturated heterocycles. The molecule has 0 bridgehead atoms. The Morgan fingerprint density at radius 3 is 2.23 bits per heavy atom. The maximum Gasteiger partial charge on any atom is 0.243 e. The van der Waals surface area contributed by atoms with E-state index in [-0.39, 0.29) is 18.5 Å². The average molecular weight is 420 g/mol. The quantitative estimate of drug-likeness (QED) is 0.347. The molecule has 1 heterocycles. The summed E-state index contributed by atoms with van der Waals surface area (Å²) in [5.41, 5.74) is 9.03. The van der Waals surface area contributed by atoms with E-state index in [1.54, 1.807) is 0 Å². The number of halogens is 1. The van der Waals surface area contributed by atoms with Crippen LogP contribution in [0.4, 0.5) is 5.69 Å². The normalized spacial score (nSPS) is 11.5. The van der Waals surface area contributed by atoms with E-state index in [2.05, 4.69) is 70.3 Å². The Bertz CT molecular complexity index is 1020. The van der Waals surface area contributed by atoms with Crippen LogP contribution in [0, 0.1) is 0 Å². The monoisotopic (exact) mass is 419 g/mol. The van der Waals surface area contributed by atoms with Gasteiger partial charge in [0.15, 0.2) is 6.10 Å². The fourth-order valence-corrected chi connectivity index (χ4v) is 3.36. The van der Waals surface area contributed by atoms with Crippen LogP contribution in [0.3, 0.4) is 0 Å². The topological polar surface area (TPSA) is 44.1 Å². The van der Waals surface area contributed by atoms with E-state index in [4.69, 9.17) is 10.5 Å². The highest BCUT2D eigenvalue weighted by atomic mass is 35.5. The van der Waals surface area contributed by atoms with E-state index in [1.165, 1.54) is 5.56 Å². The molecular weight excluding hydrogens is 394 g/mol. The van der Waals surface area contributed by atoms with E-state index in [0.717, 1.165) is 36.5 Å². The van der Waals surface area contributed by atoms with Gasteiger partial charge in [-0.2, -0.15) is 0 Å². The minimum atomic E-state index is -0.0882. The van der Waals surface area contributed by atoms with E-state index < -0.39 is 0 Å². The summed E-state index contributed by atoms with van der Waals surface area (Å²) in [4.78, 5) is 0. The first-order valence-electron chi connectivity index (χ1n) is 9.92. The van der Waals surface area contributed by atoms with Gasteiger partial charge in [0.1, 0.15) is 24.7 Å². The minimum Gasteiger partial charge on any atom is -1.00 e. The number of hydrogen-bond acceptors (Lipinski definition) is 2. The lowest BCUT2D eigenvalue weighted by atomic mass is 10.1. The highest BCUT2D eigenvalue weighted by Gasteiger charge is 2.18. The second-order valence-corrected chi connectivity index (χ2v) is 7.17. The van der Waals surface area contributed by atoms with Crippen LogP contribution < -0.4 is 27.4 Å². The van der Waals surface area contributed by atoms with Gasteiger partial charge in [-0.3, -0.25) is 0 Å². The molecule has 4 aromatic rings. The maximum absolute atomic E-state index is 6.31. The lowest BCUT2D eigenvalue weighted by Gasteiger charge is -2.18. The molecule has 1 unspecified atom stereocenters. The lowest BCUT2D eigenvalue weighted by molar-refractivity contribution is -0.703. The van der Waals surface area contributed by atoms with Gasteiger partial charge in [0.05, 0.1) is 6.54 Å². The number of aryl methyl sites for hydroxylation is 2. The molecule has 3 aromatic carbocycles. The van der Waals surface area contributed by atoms with E-state index in [1.807, 2.05) is 42.5 Å². The zero-order chi connectivity index (χ0) is 19.9. The van der Waals surface area contributed by atoms with Crippen LogP contribution in [0.25, 0.3) is 0 Å². The van der Waals surface area contributed by atoms with Crippen molar-refractivity contribution in [3.05, 3.63) is 115 Å². The van der Waals surface area contributed by atoms with Crippen molar-refractivity contribution >= 4 is 5.69 Å². The molecule has 1 aromatic heterocycles. The Morgan fingerprint density at radius 1 is 0.867 bits per heavy atom. The first-order valence-corrected chi connectivity index (χ1v) is 9.92. The van der Waals surface area contributed by atoms with Crippen LogP contribution in [0.15, 0.2) is 104 Å². The first-order chi connectivity index (χ1) is 14.3. The molecule has 0 aliphatic rings. The Hall–Kier alpha value is -3.24. The minimum absolute atomic E-state index is 0. The van der Waals surface area contributed by atoms with Gasteiger partial charge in [-0.15, -0.1) is 0 Å². The van der Waals surface area contributed by atoms with Gasteiger partial charge in [-0.25, -0.2) is 9.13 Å². The number of rotatable bonds is 8. The number of hydrogen-bond donors (Lipinski definition) is 1. The number of nitrogen functional groups attached to an aromatic ring is 1. The fourth-order valence-electron chi connectivity index (χ4n) is 3.36. The molecule has 4 rings (SSSR count). The summed E-state index contributed by atoms with van der Waals surface area (Å²) in [7, 11) is 0. The molecule has 0 radical (unpaired) electrons. The molecule has 154 valence electrons. The summed E-state index contributed by atoms with van der Waals surface area (Å²) < 4.78 is 10.7. The number of anilines is 1. The molecular formula is C25H26ClN3O. The molecule has 0 aliphatic carbocycles. The van der Waals surface area contributed by atoms with Crippen LogP contribution in [-0.4, -0.2) is 4.57 Å². The third-order valence-electron chi connectivity index (χ3n) is 4.95. The van der Waals surface area contributed by atoms with Gasteiger partial charge in [0.2, 0.25) is 6.33 Å². The SMILES string of the molecule is Nc1ccc(OC(C[n+]2ccn(CCc3ccccc3)c2)c2ccccc2)cc1.[Cl-]. The number of ether oxygens (including phenoxy) is 1. The van der Waals surface area contributed by atoms with Gasteiger partial charge in [0, 0.05) is 12.1 Å². The number of nitrogens with two attached hydrogens (primary N) is 1. The van der Waals surface area contributed by atoms with Crippen LogP contribution in [0.2, 0.25) is 0 Å². The fraction of sp³-hybridized carbons (Fsp3) is 0.160. The summed E-state index contributed by atoms with van der Waals surface area (Å²) >= 11 is 0. The van der Waals surface area contributed by atoms with Crippen LogP contribution in [-0.2, 0) is 19.5 Å². The Balaban J connectivity index is 0.00000256. The van der Waals surface area contributed by atoms with Crippen LogP contribution >= 0.6 is 0 Å². The molecule has 0 fully saturated rings. The predicted octanol–water partition coefficient (Wildman–Crippen LogP) is 1.42. The molecule has 5 heteroatoms. The molecule has 2 N–H and O–H groups in total.